The predicted octanol–water partition coefficient (Wildman–Crippen LogP) is 5.72. The Labute approximate surface area is 202 Å². The highest BCUT2D eigenvalue weighted by molar-refractivity contribution is 9.10. The molecule has 9 heteroatoms. The maximum Gasteiger partial charge on any atom is 0.414 e. The summed E-state index contributed by atoms with van der Waals surface area (Å²) in [5, 5.41) is 0.679. The van der Waals surface area contributed by atoms with Crippen LogP contribution in [0.25, 0.3) is 16.6 Å². The molecule has 0 radical (unpaired) electrons. The van der Waals surface area contributed by atoms with Crippen molar-refractivity contribution in [3.05, 3.63) is 64.5 Å². The van der Waals surface area contributed by atoms with Crippen molar-refractivity contribution in [2.75, 3.05) is 6.54 Å². The van der Waals surface area contributed by atoms with E-state index >= 15 is 0 Å². The Morgan fingerprint density at radius 1 is 1.15 bits per heavy atom. The topological polar surface area (TPSA) is 81.5 Å². The molecule has 1 amide bonds. The van der Waals surface area contributed by atoms with Gasteiger partial charge < -0.3 is 4.74 Å². The second kappa shape index (κ2) is 8.61. The first-order valence-electron chi connectivity index (χ1n) is 10.7. The third-order valence-electron chi connectivity index (χ3n) is 5.28. The second-order valence-electron chi connectivity index (χ2n) is 9.07. The lowest BCUT2D eigenvalue weighted by atomic mass is 10.0. The number of rotatable bonds is 3. The Hall–Kier alpha value is -2.65. The summed E-state index contributed by atoms with van der Waals surface area (Å²) in [4.78, 5) is 18.7. The van der Waals surface area contributed by atoms with Crippen molar-refractivity contribution >= 4 is 48.7 Å². The van der Waals surface area contributed by atoms with Gasteiger partial charge in [-0.3, -0.25) is 4.90 Å². The molecular weight excluding hydrogens is 506 g/mol. The average Bonchev–Trinajstić information content (AvgIpc) is 3.15. The van der Waals surface area contributed by atoms with Crippen LogP contribution in [-0.4, -0.2) is 40.5 Å². The molecule has 4 rings (SSSR count). The van der Waals surface area contributed by atoms with Crippen molar-refractivity contribution in [2.24, 2.45) is 0 Å². The predicted molar refractivity (Wildman–Crippen MR) is 131 cm³/mol. The molecule has 0 saturated carbocycles. The number of allylic oxidation sites excluding steroid dienone is 1. The highest BCUT2D eigenvalue weighted by Crippen LogP contribution is 2.35. The zero-order valence-electron chi connectivity index (χ0n) is 19.0. The number of nitrogens with zero attached hydrogens (tertiary/aromatic N) is 3. The van der Waals surface area contributed by atoms with Crippen LogP contribution in [0.1, 0.15) is 44.9 Å². The number of hydrogen-bond donors (Lipinski definition) is 0. The van der Waals surface area contributed by atoms with Gasteiger partial charge in [-0.1, -0.05) is 17.7 Å². The van der Waals surface area contributed by atoms with Gasteiger partial charge in [0, 0.05) is 28.8 Å². The van der Waals surface area contributed by atoms with Crippen LogP contribution in [0, 0.1) is 6.92 Å². The molecule has 3 heterocycles. The van der Waals surface area contributed by atoms with E-state index in [4.69, 9.17) is 4.74 Å². The molecule has 3 aromatic rings. The summed E-state index contributed by atoms with van der Waals surface area (Å²) in [5.41, 5.74) is 1.89. The van der Waals surface area contributed by atoms with Crippen LogP contribution < -0.4 is 0 Å². The number of amides is 1. The number of fused-ring (bicyclic) bond motifs is 1. The molecule has 0 bridgehead atoms. The highest BCUT2D eigenvalue weighted by atomic mass is 79.9. The largest absolute Gasteiger partial charge is 0.443 e. The van der Waals surface area contributed by atoms with Gasteiger partial charge in [0.05, 0.1) is 10.6 Å². The number of benzene rings is 1. The van der Waals surface area contributed by atoms with Gasteiger partial charge in [-0.15, -0.1) is 0 Å². The van der Waals surface area contributed by atoms with Gasteiger partial charge >= 0.3 is 6.09 Å². The van der Waals surface area contributed by atoms with Crippen LogP contribution in [0.2, 0.25) is 0 Å². The zero-order chi connectivity index (χ0) is 24.0. The van der Waals surface area contributed by atoms with Crippen molar-refractivity contribution in [1.29, 1.82) is 0 Å². The lowest BCUT2D eigenvalue weighted by molar-refractivity contribution is 0.0329. The van der Waals surface area contributed by atoms with Gasteiger partial charge in [0.2, 0.25) is 0 Å². The summed E-state index contributed by atoms with van der Waals surface area (Å²) in [7, 11) is -3.94. The first-order valence-corrected chi connectivity index (χ1v) is 12.9. The van der Waals surface area contributed by atoms with Crippen LogP contribution in [0.5, 0.6) is 0 Å². The fourth-order valence-electron chi connectivity index (χ4n) is 3.74. The molecule has 1 aliphatic heterocycles. The minimum absolute atomic E-state index is 0.175. The molecule has 2 aromatic heterocycles. The summed E-state index contributed by atoms with van der Waals surface area (Å²) in [5.74, 6) is 0. The van der Waals surface area contributed by atoms with E-state index in [-0.39, 0.29) is 4.90 Å². The molecule has 0 spiro atoms. The van der Waals surface area contributed by atoms with Crippen LogP contribution in [-0.2, 0) is 14.8 Å². The molecule has 0 aliphatic carbocycles. The molecule has 0 N–H and O–H groups in total. The standard InChI is InChI=1S/C24H26BrN3O4S/c1-16-7-9-18(10-8-16)33(30,31)28-21(14-19-20(25)11-12-26-22(19)28)17-6-5-13-27(15-17)23(29)32-24(2,3)4/h7-12,14-15H,5-6,13H2,1-4H3. The maximum atomic E-state index is 13.8. The third-order valence-corrected chi connectivity index (χ3v) is 7.69. The second-order valence-corrected chi connectivity index (χ2v) is 11.7. The van der Waals surface area contributed by atoms with E-state index in [1.165, 1.54) is 8.87 Å². The Morgan fingerprint density at radius 3 is 2.52 bits per heavy atom. The number of hydrogen-bond acceptors (Lipinski definition) is 5. The van der Waals surface area contributed by atoms with E-state index in [0.29, 0.717) is 36.1 Å². The van der Waals surface area contributed by atoms with Crippen LogP contribution in [0.15, 0.2) is 58.2 Å². The van der Waals surface area contributed by atoms with E-state index in [1.807, 2.05) is 33.8 Å². The number of pyridine rings is 1. The number of carbonyl (C=O) groups excluding carboxylic acids is 1. The van der Waals surface area contributed by atoms with E-state index in [9.17, 15) is 13.2 Å². The number of halogens is 1. The highest BCUT2D eigenvalue weighted by Gasteiger charge is 2.29. The lowest BCUT2D eigenvalue weighted by Gasteiger charge is -2.28. The summed E-state index contributed by atoms with van der Waals surface area (Å²) in [6.07, 6.45) is 4.12. The van der Waals surface area contributed by atoms with Crippen molar-refractivity contribution in [3.63, 3.8) is 0 Å². The zero-order valence-corrected chi connectivity index (χ0v) is 21.4. The van der Waals surface area contributed by atoms with E-state index in [2.05, 4.69) is 20.9 Å². The molecule has 0 saturated heterocycles. The Balaban J connectivity index is 1.89. The van der Waals surface area contributed by atoms with Crippen molar-refractivity contribution in [1.82, 2.24) is 13.9 Å². The number of aromatic nitrogens is 2. The minimum Gasteiger partial charge on any atom is -0.443 e. The Kier molecular flexibility index (Phi) is 6.13. The van der Waals surface area contributed by atoms with E-state index in [0.717, 1.165) is 15.6 Å². The number of carbonyl (C=O) groups is 1. The van der Waals surface area contributed by atoms with Crippen molar-refractivity contribution in [2.45, 2.75) is 51.0 Å². The SMILES string of the molecule is Cc1ccc(S(=O)(=O)n2c(C3=CN(C(=O)OC(C)(C)C)CCC3)cc3c(Br)ccnc32)cc1. The van der Waals surface area contributed by atoms with Crippen LogP contribution in [0.4, 0.5) is 4.79 Å². The maximum absolute atomic E-state index is 13.8. The fourth-order valence-corrected chi connectivity index (χ4v) is 5.65. The molecule has 1 aromatic carbocycles. The van der Waals surface area contributed by atoms with Gasteiger partial charge in [-0.25, -0.2) is 22.2 Å². The molecule has 0 atom stereocenters. The van der Waals surface area contributed by atoms with Gasteiger partial charge in [-0.05, 0) is 86.3 Å². The minimum atomic E-state index is -3.94. The van der Waals surface area contributed by atoms with Gasteiger partial charge in [0.15, 0.2) is 5.65 Å². The Bertz CT molecular complexity index is 1350. The Morgan fingerprint density at radius 2 is 1.85 bits per heavy atom. The number of ether oxygens (including phenoxy) is 1. The van der Waals surface area contributed by atoms with E-state index < -0.39 is 21.7 Å². The fraction of sp³-hybridized carbons (Fsp3) is 0.333. The van der Waals surface area contributed by atoms with Gasteiger partial charge in [0.1, 0.15) is 5.60 Å². The van der Waals surface area contributed by atoms with E-state index in [1.54, 1.807) is 42.7 Å². The first-order chi connectivity index (χ1) is 15.5. The first kappa shape index (κ1) is 23.5. The summed E-state index contributed by atoms with van der Waals surface area (Å²) in [6, 6.07) is 10.3. The van der Waals surface area contributed by atoms with Gasteiger partial charge in [-0.2, -0.15) is 0 Å². The smallest absolute Gasteiger partial charge is 0.414 e. The lowest BCUT2D eigenvalue weighted by Crippen LogP contribution is -2.35. The molecule has 174 valence electrons. The summed E-state index contributed by atoms with van der Waals surface area (Å²) >= 11 is 3.52. The summed E-state index contributed by atoms with van der Waals surface area (Å²) in [6.45, 7) is 7.85. The molecule has 7 nitrogen and oxygen atoms in total. The molecule has 1 aliphatic rings. The number of aryl methyl sites for hydroxylation is 1. The van der Waals surface area contributed by atoms with Gasteiger partial charge in [0.25, 0.3) is 10.0 Å². The molecule has 0 unspecified atom stereocenters. The van der Waals surface area contributed by atoms with Crippen LogP contribution in [0.3, 0.4) is 0 Å². The van der Waals surface area contributed by atoms with Crippen LogP contribution >= 0.6 is 15.9 Å². The third kappa shape index (κ3) is 4.70. The summed E-state index contributed by atoms with van der Waals surface area (Å²) < 4.78 is 35.1. The normalized spacial score (nSPS) is 14.9. The molecule has 33 heavy (non-hydrogen) atoms. The average molecular weight is 532 g/mol. The van der Waals surface area contributed by atoms with Crippen molar-refractivity contribution < 1.29 is 17.9 Å². The molecular formula is C24H26BrN3O4S. The molecule has 0 fully saturated rings. The quantitative estimate of drug-likeness (QED) is 0.431. The van der Waals surface area contributed by atoms with Crippen molar-refractivity contribution in [3.8, 4) is 0 Å². The monoisotopic (exact) mass is 531 g/mol.